The average Bonchev–Trinajstić information content (AvgIpc) is 3.20. The Morgan fingerprint density at radius 2 is 1.83 bits per heavy atom. The molecule has 5 nitrogen and oxygen atoms in total. The topological polar surface area (TPSA) is 69.7 Å². The van der Waals surface area contributed by atoms with Crippen LogP contribution in [0.2, 0.25) is 0 Å². The molecule has 0 spiro atoms. The number of hydrogen-bond donors (Lipinski definition) is 0. The molecule has 5 heteroatoms. The summed E-state index contributed by atoms with van der Waals surface area (Å²) >= 11 is 0. The zero-order valence-electron chi connectivity index (χ0n) is 13.0. The first-order valence-electron chi connectivity index (χ1n) is 7.63. The number of carbonyl (C=O) groups is 3. The molecule has 0 saturated heterocycles. The lowest BCUT2D eigenvalue weighted by atomic mass is 9.79. The predicted octanol–water partition coefficient (Wildman–Crippen LogP) is 2.67. The highest BCUT2D eigenvalue weighted by molar-refractivity contribution is 6.29. The van der Waals surface area contributed by atoms with Crippen LogP contribution in [0.1, 0.15) is 27.1 Å². The molecule has 0 aliphatic heterocycles. The molecule has 0 aromatic heterocycles. The number of ketones is 2. The fourth-order valence-corrected chi connectivity index (χ4v) is 3.74. The van der Waals surface area contributed by atoms with Crippen LogP contribution in [-0.4, -0.2) is 24.6 Å². The molecule has 2 atom stereocenters. The first kappa shape index (κ1) is 14.6. The van der Waals surface area contributed by atoms with Gasteiger partial charge in [0.25, 0.3) is 0 Å². The number of ether oxygens (including phenoxy) is 2. The number of carbonyl (C=O) groups excluding carboxylic acids is 3. The normalized spacial score (nSPS) is 23.2. The number of benzene rings is 1. The Labute approximate surface area is 138 Å². The molecular formula is C19H14O5. The van der Waals surface area contributed by atoms with E-state index in [0.29, 0.717) is 16.9 Å². The third-order valence-corrected chi connectivity index (χ3v) is 4.76. The SMILES string of the molecule is C=CC(=O)Oc1cc(OC)cc2c1C(=O)C1=C(C2=O)C2C=CC1C2. The van der Waals surface area contributed by atoms with E-state index in [-0.39, 0.29) is 40.3 Å². The van der Waals surface area contributed by atoms with E-state index in [1.165, 1.54) is 19.2 Å². The Morgan fingerprint density at radius 3 is 2.46 bits per heavy atom. The van der Waals surface area contributed by atoms with Crippen LogP contribution >= 0.6 is 0 Å². The summed E-state index contributed by atoms with van der Waals surface area (Å²) in [5, 5.41) is 0. The van der Waals surface area contributed by atoms with Gasteiger partial charge >= 0.3 is 5.97 Å². The van der Waals surface area contributed by atoms with Gasteiger partial charge in [-0.05, 0) is 12.5 Å². The first-order chi connectivity index (χ1) is 11.5. The molecular weight excluding hydrogens is 308 g/mol. The molecule has 0 saturated carbocycles. The molecule has 2 bridgehead atoms. The van der Waals surface area contributed by atoms with Gasteiger partial charge in [0.05, 0.1) is 12.7 Å². The molecule has 4 rings (SSSR count). The number of esters is 1. The summed E-state index contributed by atoms with van der Waals surface area (Å²) in [7, 11) is 1.45. The van der Waals surface area contributed by atoms with Crippen molar-refractivity contribution in [1.29, 1.82) is 0 Å². The molecule has 1 aromatic carbocycles. The van der Waals surface area contributed by atoms with Crippen LogP contribution in [0.5, 0.6) is 11.5 Å². The van der Waals surface area contributed by atoms with Gasteiger partial charge < -0.3 is 9.47 Å². The minimum Gasteiger partial charge on any atom is -0.497 e. The van der Waals surface area contributed by atoms with Crippen LogP contribution in [0.3, 0.4) is 0 Å². The molecule has 2 unspecified atom stereocenters. The lowest BCUT2D eigenvalue weighted by Crippen LogP contribution is -2.25. The highest BCUT2D eigenvalue weighted by Crippen LogP contribution is 2.50. The van der Waals surface area contributed by atoms with E-state index in [1.807, 2.05) is 12.2 Å². The molecule has 24 heavy (non-hydrogen) atoms. The molecule has 0 radical (unpaired) electrons. The summed E-state index contributed by atoms with van der Waals surface area (Å²) in [4.78, 5) is 37.6. The second-order valence-corrected chi connectivity index (χ2v) is 5.99. The van der Waals surface area contributed by atoms with E-state index >= 15 is 0 Å². The van der Waals surface area contributed by atoms with Crippen LogP contribution in [-0.2, 0) is 4.79 Å². The Morgan fingerprint density at radius 1 is 1.17 bits per heavy atom. The number of rotatable bonds is 3. The third-order valence-electron chi connectivity index (χ3n) is 4.76. The number of hydrogen-bond acceptors (Lipinski definition) is 5. The van der Waals surface area contributed by atoms with Crippen LogP contribution in [0.4, 0.5) is 0 Å². The van der Waals surface area contributed by atoms with Crippen molar-refractivity contribution in [2.24, 2.45) is 11.8 Å². The van der Waals surface area contributed by atoms with Crippen molar-refractivity contribution < 1.29 is 23.9 Å². The zero-order valence-corrected chi connectivity index (χ0v) is 13.0. The largest absolute Gasteiger partial charge is 0.497 e. The summed E-state index contributed by atoms with van der Waals surface area (Å²) in [6.45, 7) is 3.35. The molecule has 3 aliphatic rings. The number of fused-ring (bicyclic) bond motifs is 5. The first-order valence-corrected chi connectivity index (χ1v) is 7.63. The van der Waals surface area contributed by atoms with Crippen molar-refractivity contribution >= 4 is 17.5 Å². The smallest absolute Gasteiger partial charge is 0.335 e. The van der Waals surface area contributed by atoms with Gasteiger partial charge in [0, 0.05) is 40.7 Å². The lowest BCUT2D eigenvalue weighted by Gasteiger charge is -2.23. The van der Waals surface area contributed by atoms with Crippen molar-refractivity contribution in [3.05, 3.63) is 59.2 Å². The minimum absolute atomic E-state index is 0.0000218. The maximum absolute atomic E-state index is 13.0. The van der Waals surface area contributed by atoms with Gasteiger partial charge in [-0.2, -0.15) is 0 Å². The molecule has 120 valence electrons. The van der Waals surface area contributed by atoms with Gasteiger partial charge in [0.1, 0.15) is 11.5 Å². The Kier molecular flexibility index (Phi) is 3.06. The van der Waals surface area contributed by atoms with Crippen molar-refractivity contribution in [3.8, 4) is 11.5 Å². The number of allylic oxidation sites excluding steroid dienone is 4. The van der Waals surface area contributed by atoms with E-state index in [0.717, 1.165) is 12.5 Å². The fourth-order valence-electron chi connectivity index (χ4n) is 3.74. The third kappa shape index (κ3) is 1.84. The van der Waals surface area contributed by atoms with Gasteiger partial charge in [-0.1, -0.05) is 18.7 Å². The lowest BCUT2D eigenvalue weighted by molar-refractivity contribution is -0.128. The summed E-state index contributed by atoms with van der Waals surface area (Å²) in [5.74, 6) is -0.773. The van der Waals surface area contributed by atoms with Gasteiger partial charge in [0.15, 0.2) is 11.6 Å². The Balaban J connectivity index is 1.91. The number of Topliss-reactive ketones (excluding diaryl/α,β-unsaturated/α-hetero) is 2. The van der Waals surface area contributed by atoms with Gasteiger partial charge in [-0.15, -0.1) is 0 Å². The predicted molar refractivity (Wildman–Crippen MR) is 85.3 cm³/mol. The van der Waals surface area contributed by atoms with E-state index in [1.54, 1.807) is 0 Å². The van der Waals surface area contributed by atoms with Crippen molar-refractivity contribution in [1.82, 2.24) is 0 Å². The summed E-state index contributed by atoms with van der Waals surface area (Å²) < 4.78 is 10.4. The minimum atomic E-state index is -0.696. The van der Waals surface area contributed by atoms with E-state index in [4.69, 9.17) is 9.47 Å². The Bertz CT molecular complexity index is 887. The monoisotopic (exact) mass is 322 g/mol. The van der Waals surface area contributed by atoms with Crippen molar-refractivity contribution in [2.45, 2.75) is 6.42 Å². The van der Waals surface area contributed by atoms with Crippen LogP contribution < -0.4 is 9.47 Å². The van der Waals surface area contributed by atoms with E-state index in [2.05, 4.69) is 6.58 Å². The second kappa shape index (κ2) is 5.03. The van der Waals surface area contributed by atoms with E-state index < -0.39 is 5.97 Å². The summed E-state index contributed by atoms with van der Waals surface area (Å²) in [5.41, 5.74) is 1.48. The van der Waals surface area contributed by atoms with Crippen LogP contribution in [0, 0.1) is 11.8 Å². The highest BCUT2D eigenvalue weighted by atomic mass is 16.5. The number of methoxy groups -OCH3 is 1. The van der Waals surface area contributed by atoms with Gasteiger partial charge in [-0.25, -0.2) is 4.79 Å². The summed E-state index contributed by atoms with van der Waals surface area (Å²) in [6.07, 6.45) is 5.72. The standard InChI is InChI=1S/C19H14O5/c1-3-14(20)24-13-8-11(23-2)7-12-17(13)19(22)16-10-5-4-9(6-10)15(16)18(12)21/h3-5,7-10H,1,6H2,2H3. The zero-order chi connectivity index (χ0) is 17.0. The maximum atomic E-state index is 13.0. The Hall–Kier alpha value is -2.95. The molecule has 0 N–H and O–H groups in total. The highest BCUT2D eigenvalue weighted by Gasteiger charge is 2.47. The van der Waals surface area contributed by atoms with Crippen LogP contribution in [0.15, 0.2) is 48.1 Å². The van der Waals surface area contributed by atoms with Crippen molar-refractivity contribution in [3.63, 3.8) is 0 Å². The molecule has 0 fully saturated rings. The van der Waals surface area contributed by atoms with Crippen molar-refractivity contribution in [2.75, 3.05) is 7.11 Å². The maximum Gasteiger partial charge on any atom is 0.335 e. The average molecular weight is 322 g/mol. The molecule has 3 aliphatic carbocycles. The molecule has 0 heterocycles. The van der Waals surface area contributed by atoms with Gasteiger partial charge in [-0.3, -0.25) is 9.59 Å². The van der Waals surface area contributed by atoms with E-state index in [9.17, 15) is 14.4 Å². The van der Waals surface area contributed by atoms with Crippen LogP contribution in [0.25, 0.3) is 0 Å². The fraction of sp³-hybridized carbons (Fsp3) is 0.211. The second-order valence-electron chi connectivity index (χ2n) is 5.99. The van der Waals surface area contributed by atoms with Gasteiger partial charge in [0.2, 0.25) is 0 Å². The molecule has 1 aromatic rings. The quantitative estimate of drug-likeness (QED) is 0.370. The molecule has 0 amide bonds. The summed E-state index contributed by atoms with van der Waals surface area (Å²) in [6, 6.07) is 2.97.